The van der Waals surface area contributed by atoms with Gasteiger partial charge in [0, 0.05) is 62.7 Å². The second-order valence-electron chi connectivity index (χ2n) is 11.5. The molecule has 6 rings (SSSR count). The third kappa shape index (κ3) is 8.20. The number of halogens is 4. The molecule has 0 saturated carbocycles. The Bertz CT molecular complexity index is 1800. The van der Waals surface area contributed by atoms with Gasteiger partial charge in [-0.1, -0.05) is 6.07 Å². The van der Waals surface area contributed by atoms with Gasteiger partial charge in [-0.2, -0.15) is 13.2 Å². The molecule has 0 unspecified atom stereocenters. The third-order valence-electron chi connectivity index (χ3n) is 8.24. The quantitative estimate of drug-likeness (QED) is 0.199. The molecule has 1 fully saturated rings. The van der Waals surface area contributed by atoms with Gasteiger partial charge in [0.05, 0.1) is 24.0 Å². The van der Waals surface area contributed by atoms with Crippen LogP contribution in [-0.4, -0.2) is 72.7 Å². The fourth-order valence-corrected chi connectivity index (χ4v) is 5.51. The molecule has 3 heterocycles. The fraction of sp³-hybridized carbons (Fsp3) is 0.286. The lowest BCUT2D eigenvalue weighted by Gasteiger charge is -2.36. The van der Waals surface area contributed by atoms with Gasteiger partial charge in [0.1, 0.15) is 0 Å². The normalized spacial score (nSPS) is 14.4. The average molecular weight is 680 g/mol. The van der Waals surface area contributed by atoms with Crippen LogP contribution in [0.5, 0.6) is 23.1 Å². The van der Waals surface area contributed by atoms with Crippen LogP contribution in [0.1, 0.15) is 28.4 Å². The van der Waals surface area contributed by atoms with Crippen molar-refractivity contribution in [3.8, 4) is 23.1 Å². The van der Waals surface area contributed by atoms with Crippen LogP contribution in [0.2, 0.25) is 0 Å². The van der Waals surface area contributed by atoms with Crippen LogP contribution in [0.3, 0.4) is 0 Å². The Kier molecular flexibility index (Phi) is 9.85. The Labute approximate surface area is 279 Å². The number of pyridine rings is 1. The second kappa shape index (κ2) is 14.4. The maximum Gasteiger partial charge on any atom is 0.416 e. The Morgan fingerprint density at radius 2 is 1.69 bits per heavy atom. The van der Waals surface area contributed by atoms with E-state index in [1.807, 2.05) is 30.0 Å². The molecule has 2 amide bonds. The molecule has 0 aliphatic carbocycles. The van der Waals surface area contributed by atoms with E-state index < -0.39 is 23.5 Å². The average Bonchev–Trinajstić information content (AvgIpc) is 3.57. The summed E-state index contributed by atoms with van der Waals surface area (Å²) in [4.78, 5) is 35.6. The lowest BCUT2D eigenvalue weighted by Crippen LogP contribution is -2.51. The molecule has 256 valence electrons. The van der Waals surface area contributed by atoms with Crippen LogP contribution < -0.4 is 24.4 Å². The fourth-order valence-electron chi connectivity index (χ4n) is 5.51. The van der Waals surface area contributed by atoms with Crippen LogP contribution in [0.15, 0.2) is 79.0 Å². The second-order valence-corrected chi connectivity index (χ2v) is 11.5. The predicted octanol–water partition coefficient (Wildman–Crippen LogP) is 6.18. The topological polar surface area (TPSA) is 96.5 Å². The molecule has 49 heavy (non-hydrogen) atoms. The van der Waals surface area contributed by atoms with Crippen molar-refractivity contribution in [2.75, 3.05) is 56.3 Å². The molecule has 0 radical (unpaired) electrons. The van der Waals surface area contributed by atoms with Gasteiger partial charge >= 0.3 is 6.18 Å². The SMILES string of the molecule is CCN(CC(=O)N1CCN(Cc2ccc3c(c2)OCO3)CC1)c1ccc(Oc2ccc(NC(=O)c3ccc(C(F)(F)F)cc3)cn2)c(F)c1. The number of benzene rings is 3. The highest BCUT2D eigenvalue weighted by Gasteiger charge is 2.30. The summed E-state index contributed by atoms with van der Waals surface area (Å²) in [7, 11) is 0. The number of carbonyl (C=O) groups is 2. The van der Waals surface area contributed by atoms with Crippen LogP contribution in [-0.2, 0) is 17.5 Å². The first-order valence-electron chi connectivity index (χ1n) is 15.6. The first-order chi connectivity index (χ1) is 23.6. The van der Waals surface area contributed by atoms with Gasteiger partial charge < -0.3 is 29.3 Å². The smallest absolute Gasteiger partial charge is 0.416 e. The van der Waals surface area contributed by atoms with Crippen molar-refractivity contribution in [2.24, 2.45) is 0 Å². The molecular formula is C35H33F4N5O5. The number of rotatable bonds is 10. The first kappa shape index (κ1) is 33.5. The molecule has 0 bridgehead atoms. The number of likely N-dealkylation sites (N-methyl/N-ethyl adjacent to an activating group) is 1. The molecule has 0 atom stereocenters. The number of hydrogen-bond acceptors (Lipinski definition) is 8. The van der Waals surface area contributed by atoms with Crippen LogP contribution in [0, 0.1) is 5.82 Å². The number of anilines is 2. The standard InChI is InChI=1S/C35H33F4N5O5/c1-2-43(21-33(45)44-15-13-42(14-16-44)20-23-3-10-30-31(17-23)48-22-47-30)27-9-11-29(28(36)18-27)49-32-12-8-26(19-40-32)41-34(46)24-4-6-25(7-5-24)35(37,38)39/h3-12,17-19H,2,13-16,20-22H2,1H3,(H,41,46). The van der Waals surface area contributed by atoms with E-state index in [1.54, 1.807) is 11.0 Å². The van der Waals surface area contributed by atoms with Gasteiger partial charge in [0.2, 0.25) is 18.6 Å². The zero-order valence-corrected chi connectivity index (χ0v) is 26.5. The molecular weight excluding hydrogens is 646 g/mol. The van der Waals surface area contributed by atoms with Gasteiger partial charge in [0.25, 0.3) is 5.91 Å². The molecule has 2 aliphatic rings. The summed E-state index contributed by atoms with van der Waals surface area (Å²) in [6.45, 7) is 6.09. The van der Waals surface area contributed by atoms with Gasteiger partial charge in [-0.05, 0) is 67.1 Å². The van der Waals surface area contributed by atoms with Crippen LogP contribution in [0.25, 0.3) is 0 Å². The summed E-state index contributed by atoms with van der Waals surface area (Å²) >= 11 is 0. The lowest BCUT2D eigenvalue weighted by molar-refractivity contribution is -0.137. The zero-order chi connectivity index (χ0) is 34.5. The molecule has 1 N–H and O–H groups in total. The van der Waals surface area contributed by atoms with E-state index in [0.717, 1.165) is 61.0 Å². The maximum atomic E-state index is 15.1. The van der Waals surface area contributed by atoms with Gasteiger partial charge in [-0.15, -0.1) is 0 Å². The molecule has 3 aromatic carbocycles. The number of aromatic nitrogens is 1. The van der Waals surface area contributed by atoms with E-state index in [4.69, 9.17) is 14.2 Å². The number of amides is 2. The Balaban J connectivity index is 0.988. The highest BCUT2D eigenvalue weighted by atomic mass is 19.4. The number of piperazine rings is 1. The van der Waals surface area contributed by atoms with Gasteiger partial charge in [0.15, 0.2) is 23.1 Å². The maximum absolute atomic E-state index is 15.1. The minimum atomic E-state index is -4.50. The Hall–Kier alpha value is -5.37. The molecule has 14 heteroatoms. The van der Waals surface area contributed by atoms with Crippen molar-refractivity contribution in [3.63, 3.8) is 0 Å². The van der Waals surface area contributed by atoms with E-state index in [-0.39, 0.29) is 42.1 Å². The van der Waals surface area contributed by atoms with Gasteiger partial charge in [-0.25, -0.2) is 9.37 Å². The van der Waals surface area contributed by atoms with E-state index in [9.17, 15) is 22.8 Å². The summed E-state index contributed by atoms with van der Waals surface area (Å²) in [6, 6.07) is 17.0. The molecule has 2 aliphatic heterocycles. The van der Waals surface area contributed by atoms with E-state index in [1.165, 1.54) is 30.5 Å². The molecule has 1 saturated heterocycles. The lowest BCUT2D eigenvalue weighted by atomic mass is 10.1. The number of carbonyl (C=O) groups excluding carboxylic acids is 2. The minimum absolute atomic E-state index is 0.0368. The van der Waals surface area contributed by atoms with Gasteiger partial charge in [-0.3, -0.25) is 14.5 Å². The molecule has 4 aromatic rings. The highest BCUT2D eigenvalue weighted by Crippen LogP contribution is 2.33. The van der Waals surface area contributed by atoms with Crippen molar-refractivity contribution < 1.29 is 41.4 Å². The number of nitrogens with zero attached hydrogens (tertiary/aromatic N) is 4. The number of ether oxygens (including phenoxy) is 3. The van der Waals surface area contributed by atoms with Crippen molar-refractivity contribution in [3.05, 3.63) is 102 Å². The van der Waals surface area contributed by atoms with Crippen LogP contribution in [0.4, 0.5) is 28.9 Å². The third-order valence-corrected chi connectivity index (χ3v) is 8.24. The van der Waals surface area contributed by atoms with Crippen molar-refractivity contribution >= 4 is 23.2 Å². The van der Waals surface area contributed by atoms with E-state index in [0.29, 0.717) is 25.3 Å². The van der Waals surface area contributed by atoms with Crippen molar-refractivity contribution in [2.45, 2.75) is 19.6 Å². The summed E-state index contributed by atoms with van der Waals surface area (Å²) in [5.41, 5.74) is 1.09. The van der Waals surface area contributed by atoms with E-state index in [2.05, 4.69) is 15.2 Å². The molecule has 0 spiro atoms. The monoisotopic (exact) mass is 679 g/mol. The minimum Gasteiger partial charge on any atom is -0.454 e. The van der Waals surface area contributed by atoms with Crippen molar-refractivity contribution in [1.29, 1.82) is 0 Å². The van der Waals surface area contributed by atoms with Crippen molar-refractivity contribution in [1.82, 2.24) is 14.8 Å². The van der Waals surface area contributed by atoms with Crippen LogP contribution >= 0.6 is 0 Å². The largest absolute Gasteiger partial charge is 0.454 e. The Morgan fingerprint density at radius 3 is 2.37 bits per heavy atom. The summed E-state index contributed by atoms with van der Waals surface area (Å²) in [6.07, 6.45) is -3.22. The number of hydrogen-bond donors (Lipinski definition) is 1. The van der Waals surface area contributed by atoms with E-state index >= 15 is 4.39 Å². The number of fused-ring (bicyclic) bond motifs is 1. The summed E-state index contributed by atoms with van der Waals surface area (Å²) in [5, 5.41) is 2.54. The molecule has 10 nitrogen and oxygen atoms in total. The number of nitrogens with one attached hydrogen (secondary N) is 1. The predicted molar refractivity (Wildman–Crippen MR) is 172 cm³/mol. The highest BCUT2D eigenvalue weighted by molar-refractivity contribution is 6.04. The zero-order valence-electron chi connectivity index (χ0n) is 26.5. The summed E-state index contributed by atoms with van der Waals surface area (Å²) < 4.78 is 69.9. The Morgan fingerprint density at radius 1 is 0.939 bits per heavy atom. The summed E-state index contributed by atoms with van der Waals surface area (Å²) in [5.74, 6) is 0.154. The molecule has 1 aromatic heterocycles. The number of alkyl halides is 3. The first-order valence-corrected chi connectivity index (χ1v) is 15.6.